The molecule has 0 spiro atoms. The summed E-state index contributed by atoms with van der Waals surface area (Å²) < 4.78 is 23.4. The first kappa shape index (κ1) is 16.3. The fourth-order valence-electron chi connectivity index (χ4n) is 1.97. The molecule has 22 heavy (non-hydrogen) atoms. The van der Waals surface area contributed by atoms with E-state index < -0.39 is 5.82 Å². The van der Waals surface area contributed by atoms with Crippen LogP contribution in [0.25, 0.3) is 0 Å². The molecule has 6 heteroatoms. The van der Waals surface area contributed by atoms with Crippen LogP contribution in [0.1, 0.15) is 15.9 Å². The Morgan fingerprint density at radius 3 is 2.64 bits per heavy atom. The van der Waals surface area contributed by atoms with Crippen molar-refractivity contribution in [3.05, 3.63) is 58.4 Å². The van der Waals surface area contributed by atoms with Crippen LogP contribution in [-0.4, -0.2) is 20.1 Å². The first-order valence-electron chi connectivity index (χ1n) is 6.47. The zero-order valence-electron chi connectivity index (χ0n) is 12.2. The lowest BCUT2D eigenvalue weighted by atomic mass is 10.1. The summed E-state index contributed by atoms with van der Waals surface area (Å²) in [7, 11) is 3.11. The van der Waals surface area contributed by atoms with Crippen LogP contribution in [0.4, 0.5) is 10.1 Å². The molecule has 0 fully saturated rings. The second-order valence-corrected chi connectivity index (χ2v) is 4.95. The number of nitrogens with one attached hydrogen (secondary N) is 1. The summed E-state index contributed by atoms with van der Waals surface area (Å²) in [5, 5.41) is 2.61. The standard InChI is InChI=1S/C16H15ClFNO3/c1-21-9-11-7-10(3-6-15(11)22-2)16(20)19-12-4-5-14(18)13(17)8-12/h3-8H,9H2,1-2H3,(H,19,20). The summed E-state index contributed by atoms with van der Waals surface area (Å²) in [5.74, 6) is -0.225. The SMILES string of the molecule is COCc1cc(C(=O)Nc2ccc(F)c(Cl)c2)ccc1OC. The zero-order chi connectivity index (χ0) is 16.1. The van der Waals surface area contributed by atoms with Gasteiger partial charge in [-0.15, -0.1) is 0 Å². The first-order valence-corrected chi connectivity index (χ1v) is 6.85. The number of methoxy groups -OCH3 is 2. The predicted octanol–water partition coefficient (Wildman–Crippen LogP) is 3.89. The van der Waals surface area contributed by atoms with Gasteiger partial charge >= 0.3 is 0 Å². The Morgan fingerprint density at radius 1 is 1.23 bits per heavy atom. The normalized spacial score (nSPS) is 10.4. The Hall–Kier alpha value is -2.11. The summed E-state index contributed by atoms with van der Waals surface area (Å²) in [5.41, 5.74) is 1.61. The Balaban J connectivity index is 2.21. The van der Waals surface area contributed by atoms with Gasteiger partial charge in [-0.3, -0.25) is 4.79 Å². The highest BCUT2D eigenvalue weighted by Gasteiger charge is 2.11. The first-order chi connectivity index (χ1) is 10.5. The molecule has 2 aromatic rings. The maximum absolute atomic E-state index is 13.1. The molecule has 0 unspecified atom stereocenters. The van der Waals surface area contributed by atoms with Crippen LogP contribution in [0.3, 0.4) is 0 Å². The van der Waals surface area contributed by atoms with E-state index in [2.05, 4.69) is 5.32 Å². The number of benzene rings is 2. The van der Waals surface area contributed by atoms with E-state index in [1.165, 1.54) is 18.2 Å². The van der Waals surface area contributed by atoms with Crippen LogP contribution in [0.5, 0.6) is 5.75 Å². The van der Waals surface area contributed by atoms with Crippen molar-refractivity contribution < 1.29 is 18.7 Å². The number of carbonyl (C=O) groups is 1. The van der Waals surface area contributed by atoms with Crippen LogP contribution in [0.2, 0.25) is 5.02 Å². The lowest BCUT2D eigenvalue weighted by Gasteiger charge is -2.11. The molecular formula is C16H15ClFNO3. The Bertz CT molecular complexity index is 691. The zero-order valence-corrected chi connectivity index (χ0v) is 12.9. The molecule has 2 aromatic carbocycles. The van der Waals surface area contributed by atoms with Crippen molar-refractivity contribution in [2.75, 3.05) is 19.5 Å². The Morgan fingerprint density at radius 2 is 2.00 bits per heavy atom. The molecule has 2 rings (SSSR count). The summed E-state index contributed by atoms with van der Waals surface area (Å²) in [6.45, 7) is 0.326. The van der Waals surface area contributed by atoms with Gasteiger partial charge in [0.1, 0.15) is 11.6 Å². The number of anilines is 1. The van der Waals surface area contributed by atoms with E-state index in [9.17, 15) is 9.18 Å². The minimum atomic E-state index is -0.536. The molecule has 0 heterocycles. The molecule has 116 valence electrons. The van der Waals surface area contributed by atoms with Crippen molar-refractivity contribution in [2.45, 2.75) is 6.61 Å². The molecule has 0 aliphatic carbocycles. The average Bonchev–Trinajstić information content (AvgIpc) is 2.51. The third kappa shape index (κ3) is 3.75. The maximum atomic E-state index is 13.1. The molecule has 0 aliphatic heterocycles. The fraction of sp³-hybridized carbons (Fsp3) is 0.188. The van der Waals surface area contributed by atoms with E-state index in [0.717, 1.165) is 5.56 Å². The number of hydrogen-bond donors (Lipinski definition) is 1. The van der Waals surface area contributed by atoms with Crippen molar-refractivity contribution in [1.29, 1.82) is 0 Å². The van der Waals surface area contributed by atoms with Crippen molar-refractivity contribution in [1.82, 2.24) is 0 Å². The molecule has 1 amide bonds. The van der Waals surface area contributed by atoms with E-state index in [4.69, 9.17) is 21.1 Å². The minimum Gasteiger partial charge on any atom is -0.496 e. The Labute approximate surface area is 132 Å². The van der Waals surface area contributed by atoms with Gasteiger partial charge in [0, 0.05) is 23.9 Å². The van der Waals surface area contributed by atoms with Gasteiger partial charge in [-0.1, -0.05) is 11.6 Å². The second kappa shape index (κ2) is 7.24. The molecule has 0 radical (unpaired) electrons. The monoisotopic (exact) mass is 323 g/mol. The number of halogens is 2. The smallest absolute Gasteiger partial charge is 0.255 e. The molecule has 0 saturated carbocycles. The van der Waals surface area contributed by atoms with Gasteiger partial charge in [0.2, 0.25) is 0 Å². The molecular weight excluding hydrogens is 309 g/mol. The van der Waals surface area contributed by atoms with Crippen LogP contribution < -0.4 is 10.1 Å². The average molecular weight is 324 g/mol. The van der Waals surface area contributed by atoms with E-state index in [1.807, 2.05) is 0 Å². The van der Waals surface area contributed by atoms with Crippen LogP contribution in [0.15, 0.2) is 36.4 Å². The van der Waals surface area contributed by atoms with Crippen molar-refractivity contribution >= 4 is 23.2 Å². The van der Waals surface area contributed by atoms with Gasteiger partial charge in [0.05, 0.1) is 18.7 Å². The molecule has 0 saturated heterocycles. The lowest BCUT2D eigenvalue weighted by Crippen LogP contribution is -2.12. The lowest BCUT2D eigenvalue weighted by molar-refractivity contribution is 0.102. The quantitative estimate of drug-likeness (QED) is 0.908. The molecule has 0 aromatic heterocycles. The highest BCUT2D eigenvalue weighted by Crippen LogP contribution is 2.23. The second-order valence-electron chi connectivity index (χ2n) is 4.54. The third-order valence-corrected chi connectivity index (χ3v) is 3.31. The molecule has 0 atom stereocenters. The molecule has 0 aliphatic rings. The van der Waals surface area contributed by atoms with Gasteiger partial charge < -0.3 is 14.8 Å². The van der Waals surface area contributed by atoms with Crippen molar-refractivity contribution in [3.63, 3.8) is 0 Å². The number of ether oxygens (including phenoxy) is 2. The van der Waals surface area contributed by atoms with E-state index in [0.29, 0.717) is 23.6 Å². The van der Waals surface area contributed by atoms with Crippen LogP contribution >= 0.6 is 11.6 Å². The molecule has 1 N–H and O–H groups in total. The summed E-state index contributed by atoms with van der Waals surface area (Å²) in [6, 6.07) is 9.01. The summed E-state index contributed by atoms with van der Waals surface area (Å²) in [4.78, 5) is 12.2. The minimum absolute atomic E-state index is 0.0485. The van der Waals surface area contributed by atoms with Gasteiger partial charge in [-0.2, -0.15) is 0 Å². The van der Waals surface area contributed by atoms with Crippen molar-refractivity contribution in [3.8, 4) is 5.75 Å². The number of hydrogen-bond acceptors (Lipinski definition) is 3. The van der Waals surface area contributed by atoms with Gasteiger partial charge in [0.25, 0.3) is 5.91 Å². The molecule has 0 bridgehead atoms. The van der Waals surface area contributed by atoms with E-state index >= 15 is 0 Å². The van der Waals surface area contributed by atoms with Gasteiger partial charge in [-0.05, 0) is 36.4 Å². The van der Waals surface area contributed by atoms with Crippen molar-refractivity contribution in [2.24, 2.45) is 0 Å². The molecule has 4 nitrogen and oxygen atoms in total. The van der Waals surface area contributed by atoms with Gasteiger partial charge in [-0.25, -0.2) is 4.39 Å². The highest BCUT2D eigenvalue weighted by atomic mass is 35.5. The number of rotatable bonds is 5. The highest BCUT2D eigenvalue weighted by molar-refractivity contribution is 6.31. The van der Waals surface area contributed by atoms with E-state index in [1.54, 1.807) is 32.4 Å². The van der Waals surface area contributed by atoms with Gasteiger partial charge in [0.15, 0.2) is 0 Å². The third-order valence-electron chi connectivity index (χ3n) is 3.02. The number of amides is 1. The summed E-state index contributed by atoms with van der Waals surface area (Å²) >= 11 is 5.69. The fourth-order valence-corrected chi connectivity index (χ4v) is 2.15. The largest absolute Gasteiger partial charge is 0.496 e. The predicted molar refractivity (Wildman–Crippen MR) is 83.1 cm³/mol. The topological polar surface area (TPSA) is 47.6 Å². The number of carbonyl (C=O) groups excluding carboxylic acids is 1. The Kier molecular flexibility index (Phi) is 5.35. The maximum Gasteiger partial charge on any atom is 0.255 e. The summed E-state index contributed by atoms with van der Waals surface area (Å²) in [6.07, 6.45) is 0. The van der Waals surface area contributed by atoms with Crippen LogP contribution in [-0.2, 0) is 11.3 Å². The van der Waals surface area contributed by atoms with Crippen LogP contribution in [0, 0.1) is 5.82 Å². The van der Waals surface area contributed by atoms with E-state index in [-0.39, 0.29) is 10.9 Å².